The average molecular weight is 292 g/mol. The maximum atomic E-state index is 9.88. The lowest BCUT2D eigenvalue weighted by molar-refractivity contribution is 0.0595. The number of aromatic nitrogens is 3. The highest BCUT2D eigenvalue weighted by molar-refractivity contribution is 5.32. The molecule has 5 heteroatoms. The molecule has 1 aliphatic heterocycles. The second-order valence-corrected chi connectivity index (χ2v) is 6.41. The lowest BCUT2D eigenvalue weighted by Gasteiger charge is -2.44. The highest BCUT2D eigenvalue weighted by atomic mass is 16.3. The summed E-state index contributed by atoms with van der Waals surface area (Å²) in [6.07, 6.45) is 3.89. The van der Waals surface area contributed by atoms with Gasteiger partial charge in [-0.05, 0) is 31.6 Å². The van der Waals surface area contributed by atoms with E-state index in [1.54, 1.807) is 0 Å². The van der Waals surface area contributed by atoms with Crippen LogP contribution >= 0.6 is 0 Å². The smallest absolute Gasteiger partial charge is 0.245 e. The van der Waals surface area contributed by atoms with Crippen LogP contribution in [0.3, 0.4) is 0 Å². The van der Waals surface area contributed by atoms with E-state index < -0.39 is 0 Å². The standard InChI is InChI=1S/C16H28N4O/c1-5-13-14(6-2)18-19-15(17-13)20-9-7-8-16(10-20,11-21)12(3)4/h12,21H,5-11H2,1-4H3. The normalized spacial score (nSPS) is 22.9. The minimum absolute atomic E-state index is 0.0442. The summed E-state index contributed by atoms with van der Waals surface area (Å²) in [7, 11) is 0. The van der Waals surface area contributed by atoms with E-state index in [0.717, 1.165) is 56.1 Å². The van der Waals surface area contributed by atoms with Gasteiger partial charge in [0.2, 0.25) is 5.95 Å². The fourth-order valence-electron chi connectivity index (χ4n) is 3.18. The van der Waals surface area contributed by atoms with Crippen LogP contribution in [0.5, 0.6) is 0 Å². The van der Waals surface area contributed by atoms with Crippen LogP contribution in [0.15, 0.2) is 0 Å². The summed E-state index contributed by atoms with van der Waals surface area (Å²) in [5, 5.41) is 18.5. The fourth-order valence-corrected chi connectivity index (χ4v) is 3.18. The summed E-state index contributed by atoms with van der Waals surface area (Å²) >= 11 is 0. The van der Waals surface area contributed by atoms with Crippen molar-refractivity contribution in [1.29, 1.82) is 0 Å². The van der Waals surface area contributed by atoms with Crippen LogP contribution in [0.1, 0.15) is 51.9 Å². The fraction of sp³-hybridized carbons (Fsp3) is 0.812. The van der Waals surface area contributed by atoms with Crippen LogP contribution in [0.2, 0.25) is 0 Å². The van der Waals surface area contributed by atoms with Crippen LogP contribution in [0.25, 0.3) is 0 Å². The van der Waals surface area contributed by atoms with Gasteiger partial charge in [-0.3, -0.25) is 0 Å². The number of hydrogen-bond acceptors (Lipinski definition) is 5. The maximum Gasteiger partial charge on any atom is 0.245 e. The molecule has 1 fully saturated rings. The van der Waals surface area contributed by atoms with Gasteiger partial charge in [0, 0.05) is 18.5 Å². The van der Waals surface area contributed by atoms with Gasteiger partial charge in [-0.15, -0.1) is 5.10 Å². The van der Waals surface area contributed by atoms with Crippen molar-refractivity contribution in [3.8, 4) is 0 Å². The Morgan fingerprint density at radius 1 is 1.19 bits per heavy atom. The molecule has 0 radical (unpaired) electrons. The second-order valence-electron chi connectivity index (χ2n) is 6.41. The number of aliphatic hydroxyl groups is 1. The Morgan fingerprint density at radius 2 is 1.90 bits per heavy atom. The van der Waals surface area contributed by atoms with Gasteiger partial charge in [-0.1, -0.05) is 27.7 Å². The SMILES string of the molecule is CCc1nnc(N2CCCC(CO)(C(C)C)C2)nc1CC. The van der Waals surface area contributed by atoms with E-state index in [4.69, 9.17) is 4.98 Å². The zero-order chi connectivity index (χ0) is 15.5. The number of hydrogen-bond donors (Lipinski definition) is 1. The first kappa shape index (κ1) is 16.1. The number of aliphatic hydroxyl groups excluding tert-OH is 1. The molecule has 1 unspecified atom stereocenters. The largest absolute Gasteiger partial charge is 0.396 e. The molecule has 0 saturated carbocycles. The van der Waals surface area contributed by atoms with E-state index >= 15 is 0 Å². The molecule has 118 valence electrons. The van der Waals surface area contributed by atoms with E-state index in [0.29, 0.717) is 5.92 Å². The highest BCUT2D eigenvalue weighted by Crippen LogP contribution is 2.37. The van der Waals surface area contributed by atoms with Crippen LogP contribution in [0.4, 0.5) is 5.95 Å². The molecule has 0 aromatic carbocycles. The van der Waals surface area contributed by atoms with Crippen molar-refractivity contribution in [2.45, 2.75) is 53.4 Å². The number of piperidine rings is 1. The Morgan fingerprint density at radius 3 is 2.48 bits per heavy atom. The van der Waals surface area contributed by atoms with Gasteiger partial charge in [0.1, 0.15) is 0 Å². The summed E-state index contributed by atoms with van der Waals surface area (Å²) < 4.78 is 0. The van der Waals surface area contributed by atoms with E-state index in [1.165, 1.54) is 0 Å². The van der Waals surface area contributed by atoms with Crippen molar-refractivity contribution < 1.29 is 5.11 Å². The van der Waals surface area contributed by atoms with Crippen LogP contribution in [0, 0.1) is 11.3 Å². The number of anilines is 1. The molecule has 21 heavy (non-hydrogen) atoms. The molecule has 1 aliphatic rings. The molecule has 1 atom stereocenters. The minimum Gasteiger partial charge on any atom is -0.396 e. The van der Waals surface area contributed by atoms with Crippen molar-refractivity contribution in [1.82, 2.24) is 15.2 Å². The molecule has 0 bridgehead atoms. The second kappa shape index (κ2) is 6.69. The van der Waals surface area contributed by atoms with Gasteiger partial charge in [-0.2, -0.15) is 5.10 Å². The van der Waals surface area contributed by atoms with E-state index in [9.17, 15) is 5.11 Å². The van der Waals surface area contributed by atoms with Crippen molar-refractivity contribution in [2.75, 3.05) is 24.6 Å². The Bertz CT molecular complexity index is 477. The Kier molecular flexibility index (Phi) is 5.14. The van der Waals surface area contributed by atoms with Gasteiger partial charge in [0.25, 0.3) is 0 Å². The Labute approximate surface area is 127 Å². The summed E-state index contributed by atoms with van der Waals surface area (Å²) in [6, 6.07) is 0. The summed E-state index contributed by atoms with van der Waals surface area (Å²) in [5.41, 5.74) is 2.00. The quantitative estimate of drug-likeness (QED) is 0.901. The molecule has 1 saturated heterocycles. The monoisotopic (exact) mass is 292 g/mol. The van der Waals surface area contributed by atoms with Crippen molar-refractivity contribution >= 4 is 5.95 Å². The lowest BCUT2D eigenvalue weighted by Crippen LogP contribution is -2.49. The zero-order valence-electron chi connectivity index (χ0n) is 13.8. The predicted molar refractivity (Wildman–Crippen MR) is 84.4 cm³/mol. The first-order valence-electron chi connectivity index (χ1n) is 8.14. The molecule has 2 heterocycles. The highest BCUT2D eigenvalue weighted by Gasteiger charge is 2.38. The van der Waals surface area contributed by atoms with E-state index in [1.807, 2.05) is 0 Å². The molecule has 0 amide bonds. The number of rotatable bonds is 5. The third kappa shape index (κ3) is 3.18. The zero-order valence-corrected chi connectivity index (χ0v) is 13.8. The third-order valence-corrected chi connectivity index (χ3v) is 4.93. The molecule has 0 spiro atoms. The van der Waals surface area contributed by atoms with Crippen LogP contribution in [-0.2, 0) is 12.8 Å². The Balaban J connectivity index is 2.25. The first-order chi connectivity index (χ1) is 10.1. The summed E-state index contributed by atoms with van der Waals surface area (Å²) in [6.45, 7) is 10.6. The molecular weight excluding hydrogens is 264 g/mol. The molecule has 1 aromatic heterocycles. The Hall–Kier alpha value is -1.23. The van der Waals surface area contributed by atoms with Crippen molar-refractivity contribution in [3.63, 3.8) is 0 Å². The lowest BCUT2D eigenvalue weighted by atomic mass is 9.72. The van der Waals surface area contributed by atoms with Gasteiger partial charge < -0.3 is 10.0 Å². The summed E-state index contributed by atoms with van der Waals surface area (Å²) in [5.74, 6) is 1.17. The van der Waals surface area contributed by atoms with Crippen molar-refractivity contribution in [2.24, 2.45) is 11.3 Å². The van der Waals surface area contributed by atoms with Crippen molar-refractivity contribution in [3.05, 3.63) is 11.4 Å². The number of nitrogens with zero attached hydrogens (tertiary/aromatic N) is 4. The first-order valence-corrected chi connectivity index (χ1v) is 8.14. The van der Waals surface area contributed by atoms with Gasteiger partial charge in [0.05, 0.1) is 18.0 Å². The molecule has 2 rings (SSSR count). The topological polar surface area (TPSA) is 62.1 Å². The van der Waals surface area contributed by atoms with E-state index in [2.05, 4.69) is 42.8 Å². The van der Waals surface area contributed by atoms with Gasteiger partial charge in [0.15, 0.2) is 0 Å². The molecule has 1 aromatic rings. The molecule has 0 aliphatic carbocycles. The van der Waals surface area contributed by atoms with Gasteiger partial charge in [-0.25, -0.2) is 4.98 Å². The van der Waals surface area contributed by atoms with E-state index in [-0.39, 0.29) is 12.0 Å². The summed E-state index contributed by atoms with van der Waals surface area (Å²) in [4.78, 5) is 6.92. The maximum absolute atomic E-state index is 9.88. The average Bonchev–Trinajstić information content (AvgIpc) is 2.53. The predicted octanol–water partition coefficient (Wildman–Crippen LogP) is 2.23. The minimum atomic E-state index is -0.0442. The van der Waals surface area contributed by atoms with Crippen LogP contribution in [-0.4, -0.2) is 40.0 Å². The van der Waals surface area contributed by atoms with Gasteiger partial charge >= 0.3 is 0 Å². The number of aryl methyl sites for hydroxylation is 2. The molecular formula is C16H28N4O. The third-order valence-electron chi connectivity index (χ3n) is 4.93. The van der Waals surface area contributed by atoms with Crippen LogP contribution < -0.4 is 4.90 Å². The molecule has 1 N–H and O–H groups in total. The molecule has 5 nitrogen and oxygen atoms in total.